The van der Waals surface area contributed by atoms with Crippen LogP contribution in [-0.2, 0) is 0 Å². The molecule has 0 radical (unpaired) electrons. The Bertz CT molecular complexity index is 122. The second kappa shape index (κ2) is 2.54. The molecule has 1 aliphatic heterocycles. The fourth-order valence-electron chi connectivity index (χ4n) is 2.59. The van der Waals surface area contributed by atoms with Crippen LogP contribution in [0, 0.1) is 5.92 Å². The normalized spacial score (nSPS) is 40.5. The van der Waals surface area contributed by atoms with Crippen LogP contribution in [0.1, 0.15) is 32.6 Å². The largest absolute Gasteiger partial charge is 0.301 e. The van der Waals surface area contributed by atoms with E-state index in [0.717, 1.165) is 12.0 Å². The van der Waals surface area contributed by atoms with Gasteiger partial charge in [0.1, 0.15) is 0 Å². The van der Waals surface area contributed by atoms with Gasteiger partial charge in [0.25, 0.3) is 0 Å². The predicted molar refractivity (Wildman–Crippen MR) is 43.0 cm³/mol. The molecule has 1 aliphatic carbocycles. The van der Waals surface area contributed by atoms with E-state index in [-0.39, 0.29) is 0 Å². The molecule has 58 valence electrons. The first-order chi connectivity index (χ1) is 4.90. The molecule has 1 nitrogen and oxygen atoms in total. The van der Waals surface area contributed by atoms with Gasteiger partial charge in [0.05, 0.1) is 0 Å². The number of hydrogen-bond donors (Lipinski definition) is 0. The van der Waals surface area contributed by atoms with Crippen LogP contribution in [0.5, 0.6) is 0 Å². The quantitative estimate of drug-likeness (QED) is 0.536. The first-order valence-electron chi connectivity index (χ1n) is 4.64. The van der Waals surface area contributed by atoms with Gasteiger partial charge in [0.15, 0.2) is 0 Å². The zero-order chi connectivity index (χ0) is 6.97. The van der Waals surface area contributed by atoms with Crippen LogP contribution in [0.25, 0.3) is 0 Å². The fraction of sp³-hybridized carbons (Fsp3) is 1.00. The Morgan fingerprint density at radius 2 is 2.20 bits per heavy atom. The fourth-order valence-corrected chi connectivity index (χ4v) is 2.59. The summed E-state index contributed by atoms with van der Waals surface area (Å²) in [6.07, 6.45) is 5.98. The van der Waals surface area contributed by atoms with Gasteiger partial charge in [-0.15, -0.1) is 0 Å². The third-order valence-corrected chi connectivity index (χ3v) is 3.26. The maximum Gasteiger partial charge on any atom is 0.00978 e. The van der Waals surface area contributed by atoms with E-state index < -0.39 is 0 Å². The molecule has 1 saturated heterocycles. The van der Waals surface area contributed by atoms with Crippen molar-refractivity contribution in [2.24, 2.45) is 5.92 Å². The summed E-state index contributed by atoms with van der Waals surface area (Å²) >= 11 is 0. The van der Waals surface area contributed by atoms with Crippen molar-refractivity contribution >= 4 is 0 Å². The minimum Gasteiger partial charge on any atom is -0.301 e. The Balaban J connectivity index is 2.00. The zero-order valence-corrected chi connectivity index (χ0v) is 6.84. The lowest BCUT2D eigenvalue weighted by molar-refractivity contribution is 0.164. The van der Waals surface area contributed by atoms with Crippen LogP contribution in [-0.4, -0.2) is 24.0 Å². The standard InChI is InChI=1S/C9H17N/c1-2-10-6-5-8-3-4-9(10)7-8/h8-9H,2-7H2,1H3. The van der Waals surface area contributed by atoms with Crippen LogP contribution in [0.15, 0.2) is 0 Å². The summed E-state index contributed by atoms with van der Waals surface area (Å²) in [6, 6.07) is 0.976. The van der Waals surface area contributed by atoms with Crippen molar-refractivity contribution in [1.82, 2.24) is 4.90 Å². The molecule has 1 heterocycles. The Labute approximate surface area is 63.4 Å². The minimum atomic E-state index is 0.976. The van der Waals surface area contributed by atoms with Crippen molar-refractivity contribution in [2.45, 2.75) is 38.6 Å². The molecule has 0 aromatic rings. The topological polar surface area (TPSA) is 3.24 Å². The highest BCUT2D eigenvalue weighted by Gasteiger charge is 2.32. The molecule has 2 fully saturated rings. The Morgan fingerprint density at radius 1 is 1.30 bits per heavy atom. The van der Waals surface area contributed by atoms with Gasteiger partial charge in [-0.3, -0.25) is 0 Å². The monoisotopic (exact) mass is 139 g/mol. The molecule has 0 spiro atoms. The molecule has 0 amide bonds. The van der Waals surface area contributed by atoms with Gasteiger partial charge in [0, 0.05) is 6.04 Å². The average molecular weight is 139 g/mol. The summed E-state index contributed by atoms with van der Waals surface area (Å²) in [5, 5.41) is 0. The Kier molecular flexibility index (Phi) is 1.69. The van der Waals surface area contributed by atoms with Crippen LogP contribution in [0.3, 0.4) is 0 Å². The van der Waals surface area contributed by atoms with Gasteiger partial charge < -0.3 is 4.90 Å². The van der Waals surface area contributed by atoms with Crippen molar-refractivity contribution in [3.05, 3.63) is 0 Å². The van der Waals surface area contributed by atoms with Crippen molar-refractivity contribution in [2.75, 3.05) is 13.1 Å². The van der Waals surface area contributed by atoms with Crippen LogP contribution < -0.4 is 0 Å². The van der Waals surface area contributed by atoms with Gasteiger partial charge in [-0.2, -0.15) is 0 Å². The first kappa shape index (κ1) is 6.66. The van der Waals surface area contributed by atoms with E-state index in [0.29, 0.717) is 0 Å². The summed E-state index contributed by atoms with van der Waals surface area (Å²) in [5.74, 6) is 1.10. The molecular formula is C9H17N. The van der Waals surface area contributed by atoms with E-state index >= 15 is 0 Å². The molecule has 2 unspecified atom stereocenters. The van der Waals surface area contributed by atoms with Crippen molar-refractivity contribution in [1.29, 1.82) is 0 Å². The summed E-state index contributed by atoms with van der Waals surface area (Å²) < 4.78 is 0. The molecule has 0 aromatic carbocycles. The number of likely N-dealkylation sites (tertiary alicyclic amines) is 1. The molecule has 0 N–H and O–H groups in total. The van der Waals surface area contributed by atoms with Crippen molar-refractivity contribution in [3.8, 4) is 0 Å². The maximum atomic E-state index is 2.66. The zero-order valence-electron chi connectivity index (χ0n) is 6.84. The third-order valence-electron chi connectivity index (χ3n) is 3.26. The number of hydrogen-bond acceptors (Lipinski definition) is 1. The molecule has 1 saturated carbocycles. The Hall–Kier alpha value is -0.0400. The van der Waals surface area contributed by atoms with Crippen molar-refractivity contribution in [3.63, 3.8) is 0 Å². The molecule has 10 heavy (non-hydrogen) atoms. The van der Waals surface area contributed by atoms with Crippen LogP contribution >= 0.6 is 0 Å². The maximum absolute atomic E-state index is 2.66. The first-order valence-corrected chi connectivity index (χ1v) is 4.64. The molecule has 2 aliphatic rings. The second-order valence-electron chi connectivity index (χ2n) is 3.75. The number of fused-ring (bicyclic) bond motifs is 2. The van der Waals surface area contributed by atoms with E-state index in [1.54, 1.807) is 0 Å². The van der Waals surface area contributed by atoms with Crippen LogP contribution in [0.2, 0.25) is 0 Å². The molecular weight excluding hydrogens is 122 g/mol. The van der Waals surface area contributed by atoms with Crippen molar-refractivity contribution < 1.29 is 0 Å². The van der Waals surface area contributed by atoms with E-state index in [4.69, 9.17) is 0 Å². The summed E-state index contributed by atoms with van der Waals surface area (Å²) in [5.41, 5.74) is 0. The summed E-state index contributed by atoms with van der Waals surface area (Å²) in [6.45, 7) is 4.95. The highest BCUT2D eigenvalue weighted by Crippen LogP contribution is 2.35. The van der Waals surface area contributed by atoms with Crippen LogP contribution in [0.4, 0.5) is 0 Å². The lowest BCUT2D eigenvalue weighted by Crippen LogP contribution is -2.37. The van der Waals surface area contributed by atoms with E-state index in [1.165, 1.54) is 38.8 Å². The second-order valence-corrected chi connectivity index (χ2v) is 3.75. The lowest BCUT2D eigenvalue weighted by Gasteiger charge is -2.31. The summed E-state index contributed by atoms with van der Waals surface area (Å²) in [4.78, 5) is 2.66. The molecule has 0 aromatic heterocycles. The highest BCUT2D eigenvalue weighted by molar-refractivity contribution is 4.87. The SMILES string of the molecule is CCN1CCC2CCC1C2. The smallest absolute Gasteiger partial charge is 0.00978 e. The number of nitrogens with zero attached hydrogens (tertiary/aromatic N) is 1. The predicted octanol–water partition coefficient (Wildman–Crippen LogP) is 1.88. The van der Waals surface area contributed by atoms with Gasteiger partial charge in [-0.05, 0) is 44.7 Å². The highest BCUT2D eigenvalue weighted by atomic mass is 15.2. The molecule has 1 heteroatoms. The van der Waals surface area contributed by atoms with E-state index in [9.17, 15) is 0 Å². The Morgan fingerprint density at radius 3 is 3.00 bits per heavy atom. The summed E-state index contributed by atoms with van der Waals surface area (Å²) in [7, 11) is 0. The van der Waals surface area contributed by atoms with E-state index in [1.807, 2.05) is 0 Å². The van der Waals surface area contributed by atoms with Gasteiger partial charge in [0.2, 0.25) is 0 Å². The third kappa shape index (κ3) is 0.968. The number of rotatable bonds is 1. The minimum absolute atomic E-state index is 0.976. The average Bonchev–Trinajstić information content (AvgIpc) is 2.34. The van der Waals surface area contributed by atoms with Gasteiger partial charge in [-0.1, -0.05) is 6.92 Å². The molecule has 2 atom stereocenters. The molecule has 2 rings (SSSR count). The van der Waals surface area contributed by atoms with Gasteiger partial charge in [-0.25, -0.2) is 0 Å². The van der Waals surface area contributed by atoms with Gasteiger partial charge >= 0.3 is 0 Å². The van der Waals surface area contributed by atoms with E-state index in [2.05, 4.69) is 11.8 Å². The lowest BCUT2D eigenvalue weighted by atomic mass is 9.99. The molecule has 2 bridgehead atoms. The number of piperidine rings is 1.